The maximum Gasteiger partial charge on any atom is 0.210 e. The number of nitrogens with one attached hydrogen (secondary N) is 2. The lowest BCUT2D eigenvalue weighted by Gasteiger charge is -2.28. The molecule has 0 unspecified atom stereocenters. The Balaban J connectivity index is 1.93. The fourth-order valence-corrected chi connectivity index (χ4v) is 2.51. The van der Waals surface area contributed by atoms with Crippen molar-refractivity contribution in [3.05, 3.63) is 24.3 Å². The number of anilines is 2. The van der Waals surface area contributed by atoms with E-state index in [1.54, 1.807) is 0 Å². The first-order chi connectivity index (χ1) is 10.3. The monoisotopic (exact) mass is 289 g/mol. The van der Waals surface area contributed by atoms with Crippen molar-refractivity contribution in [3.8, 4) is 0 Å². The van der Waals surface area contributed by atoms with Gasteiger partial charge in [0.05, 0.1) is 0 Å². The van der Waals surface area contributed by atoms with Gasteiger partial charge in [-0.05, 0) is 49.9 Å². The molecule has 2 rings (SSSR count). The Morgan fingerprint density at radius 1 is 1.19 bits per heavy atom. The van der Waals surface area contributed by atoms with E-state index in [0.29, 0.717) is 5.96 Å². The van der Waals surface area contributed by atoms with Crippen molar-refractivity contribution >= 4 is 17.3 Å². The Hall–Kier alpha value is -1.75. The second-order valence-electron chi connectivity index (χ2n) is 5.45. The van der Waals surface area contributed by atoms with Crippen LogP contribution in [0.3, 0.4) is 0 Å². The average molecular weight is 289 g/mol. The third-order valence-electron chi connectivity index (χ3n) is 3.77. The van der Waals surface area contributed by atoms with Crippen LogP contribution in [-0.2, 0) is 0 Å². The highest BCUT2D eigenvalue weighted by Gasteiger charge is 2.10. The van der Waals surface area contributed by atoms with Gasteiger partial charge >= 0.3 is 0 Å². The molecule has 0 spiro atoms. The zero-order chi connectivity index (χ0) is 14.9. The molecule has 5 heteroatoms. The minimum atomic E-state index is 0.620. The number of aliphatic imine (C=N–C) groups is 1. The third-order valence-corrected chi connectivity index (χ3v) is 3.77. The lowest BCUT2D eigenvalue weighted by molar-refractivity contribution is 0.578. The van der Waals surface area contributed by atoms with Gasteiger partial charge in [-0.25, -0.2) is 5.84 Å². The van der Waals surface area contributed by atoms with Gasteiger partial charge in [0.2, 0.25) is 5.96 Å². The molecule has 0 atom stereocenters. The van der Waals surface area contributed by atoms with Crippen LogP contribution < -0.4 is 21.5 Å². The lowest BCUT2D eigenvalue weighted by Crippen LogP contribution is -2.36. The van der Waals surface area contributed by atoms with E-state index in [-0.39, 0.29) is 0 Å². The Labute approximate surface area is 127 Å². The van der Waals surface area contributed by atoms with Gasteiger partial charge in [-0.2, -0.15) is 0 Å². The zero-order valence-corrected chi connectivity index (χ0v) is 12.9. The number of unbranched alkanes of at least 4 members (excludes halogenated alkanes) is 1. The van der Waals surface area contributed by atoms with Gasteiger partial charge in [0.15, 0.2) is 0 Å². The largest absolute Gasteiger partial charge is 0.372 e. The second kappa shape index (κ2) is 8.52. The van der Waals surface area contributed by atoms with Gasteiger partial charge in [0.1, 0.15) is 0 Å². The molecular formula is C16H27N5. The number of nitrogens with zero attached hydrogens (tertiary/aromatic N) is 2. The molecule has 0 aliphatic carbocycles. The molecular weight excluding hydrogens is 262 g/mol. The molecule has 0 radical (unpaired) electrons. The van der Waals surface area contributed by atoms with Crippen LogP contribution in [0, 0.1) is 0 Å². The number of rotatable bonds is 5. The molecule has 116 valence electrons. The van der Waals surface area contributed by atoms with Crippen molar-refractivity contribution in [1.29, 1.82) is 0 Å². The second-order valence-corrected chi connectivity index (χ2v) is 5.45. The van der Waals surface area contributed by atoms with E-state index in [1.165, 1.54) is 38.0 Å². The highest BCUT2D eigenvalue weighted by molar-refractivity contribution is 5.93. The van der Waals surface area contributed by atoms with Gasteiger partial charge in [0.25, 0.3) is 0 Å². The Bertz CT molecular complexity index is 434. The topological polar surface area (TPSA) is 65.7 Å². The fraction of sp³-hybridized carbons (Fsp3) is 0.562. The lowest BCUT2D eigenvalue weighted by atomic mass is 10.1. The summed E-state index contributed by atoms with van der Waals surface area (Å²) in [7, 11) is 0. The maximum atomic E-state index is 5.50. The van der Waals surface area contributed by atoms with Crippen molar-refractivity contribution in [2.45, 2.75) is 39.0 Å². The van der Waals surface area contributed by atoms with Gasteiger partial charge < -0.3 is 10.2 Å². The molecule has 1 saturated heterocycles. The van der Waals surface area contributed by atoms with E-state index in [9.17, 15) is 0 Å². The summed E-state index contributed by atoms with van der Waals surface area (Å²) in [6.45, 7) is 5.27. The Kier molecular flexibility index (Phi) is 6.34. The first-order valence-electron chi connectivity index (χ1n) is 7.96. The summed E-state index contributed by atoms with van der Waals surface area (Å²) in [5.41, 5.74) is 4.92. The normalized spacial score (nSPS) is 15.9. The molecule has 1 aliphatic rings. The number of guanidine groups is 1. The molecule has 1 aromatic rings. The number of hydrogen-bond donors (Lipinski definition) is 3. The maximum absolute atomic E-state index is 5.50. The predicted molar refractivity (Wildman–Crippen MR) is 90.7 cm³/mol. The standard InChI is InChI=1S/C16H27N5/c1-2-3-11-18-16(20-17)19-14-7-9-15(10-8-14)21-12-5-4-6-13-21/h7-10H,2-6,11-13,17H2,1H3,(H2,18,19,20). The molecule has 1 aromatic carbocycles. The van der Waals surface area contributed by atoms with E-state index < -0.39 is 0 Å². The number of nitrogens with two attached hydrogens (primary N) is 1. The number of hydrazine groups is 1. The van der Waals surface area contributed by atoms with Gasteiger partial charge in [-0.1, -0.05) is 13.3 Å². The van der Waals surface area contributed by atoms with Crippen LogP contribution in [0.4, 0.5) is 11.4 Å². The van der Waals surface area contributed by atoms with Crippen LogP contribution in [0.1, 0.15) is 39.0 Å². The van der Waals surface area contributed by atoms with Crippen LogP contribution >= 0.6 is 0 Å². The van der Waals surface area contributed by atoms with Crippen LogP contribution in [0.15, 0.2) is 29.3 Å². The van der Waals surface area contributed by atoms with Crippen molar-refractivity contribution in [1.82, 2.24) is 5.43 Å². The summed E-state index contributed by atoms with van der Waals surface area (Å²) in [4.78, 5) is 6.85. The van der Waals surface area contributed by atoms with E-state index in [1.807, 2.05) is 0 Å². The first-order valence-corrected chi connectivity index (χ1v) is 7.96. The fourth-order valence-electron chi connectivity index (χ4n) is 2.51. The zero-order valence-electron chi connectivity index (χ0n) is 12.9. The highest BCUT2D eigenvalue weighted by Crippen LogP contribution is 2.21. The number of hydrogen-bond acceptors (Lipinski definition) is 3. The molecule has 1 aliphatic heterocycles. The summed E-state index contributed by atoms with van der Waals surface area (Å²) in [6, 6.07) is 8.48. The highest BCUT2D eigenvalue weighted by atomic mass is 15.3. The minimum Gasteiger partial charge on any atom is -0.372 e. The van der Waals surface area contributed by atoms with E-state index in [2.05, 4.69) is 51.8 Å². The molecule has 0 bridgehead atoms. The minimum absolute atomic E-state index is 0.620. The molecule has 0 amide bonds. The smallest absolute Gasteiger partial charge is 0.210 e. The molecule has 1 fully saturated rings. The van der Waals surface area contributed by atoms with E-state index in [0.717, 1.165) is 25.1 Å². The van der Waals surface area contributed by atoms with Gasteiger partial charge in [0, 0.05) is 31.0 Å². The summed E-state index contributed by atoms with van der Waals surface area (Å²) in [6.07, 6.45) is 6.15. The summed E-state index contributed by atoms with van der Waals surface area (Å²) in [5, 5.41) is 3.21. The van der Waals surface area contributed by atoms with Crippen molar-refractivity contribution < 1.29 is 0 Å². The Morgan fingerprint density at radius 3 is 2.52 bits per heavy atom. The summed E-state index contributed by atoms with van der Waals surface area (Å²) in [5.74, 6) is 6.12. The molecule has 21 heavy (non-hydrogen) atoms. The summed E-state index contributed by atoms with van der Waals surface area (Å²) < 4.78 is 0. The first kappa shape index (κ1) is 15.6. The van der Waals surface area contributed by atoms with Crippen molar-refractivity contribution in [3.63, 3.8) is 0 Å². The van der Waals surface area contributed by atoms with E-state index in [4.69, 9.17) is 5.84 Å². The average Bonchev–Trinajstić information content (AvgIpc) is 2.55. The van der Waals surface area contributed by atoms with Crippen LogP contribution in [-0.4, -0.2) is 25.6 Å². The number of piperidine rings is 1. The molecule has 4 N–H and O–H groups in total. The molecule has 5 nitrogen and oxygen atoms in total. The summed E-state index contributed by atoms with van der Waals surface area (Å²) >= 11 is 0. The Morgan fingerprint density at radius 2 is 1.90 bits per heavy atom. The van der Waals surface area contributed by atoms with Crippen LogP contribution in [0.5, 0.6) is 0 Å². The quantitative estimate of drug-likeness (QED) is 0.256. The van der Waals surface area contributed by atoms with E-state index >= 15 is 0 Å². The third kappa shape index (κ3) is 4.93. The van der Waals surface area contributed by atoms with Crippen molar-refractivity contribution in [2.24, 2.45) is 10.8 Å². The van der Waals surface area contributed by atoms with Crippen LogP contribution in [0.2, 0.25) is 0 Å². The van der Waals surface area contributed by atoms with Gasteiger partial charge in [-0.3, -0.25) is 10.4 Å². The molecule has 0 saturated carbocycles. The molecule has 1 heterocycles. The number of benzene rings is 1. The van der Waals surface area contributed by atoms with Gasteiger partial charge in [-0.15, -0.1) is 0 Å². The molecule has 0 aromatic heterocycles. The van der Waals surface area contributed by atoms with Crippen molar-refractivity contribution in [2.75, 3.05) is 29.9 Å². The SMILES string of the molecule is CCCCN=C(NN)Nc1ccc(N2CCCCC2)cc1. The van der Waals surface area contributed by atoms with Crippen LogP contribution in [0.25, 0.3) is 0 Å². The predicted octanol–water partition coefficient (Wildman–Crippen LogP) is 2.71.